The second kappa shape index (κ2) is 3.79. The fourth-order valence-corrected chi connectivity index (χ4v) is 2.41. The van der Waals surface area contributed by atoms with Crippen molar-refractivity contribution in [2.75, 3.05) is 0 Å². The molecule has 0 aliphatic heterocycles. The van der Waals surface area contributed by atoms with E-state index in [9.17, 15) is 10.0 Å². The summed E-state index contributed by atoms with van der Waals surface area (Å²) in [6.45, 7) is 1.98. The number of carbonyl (C=O) groups excluding carboxylic acids is 1. The zero-order chi connectivity index (χ0) is 11.8. The number of benzene rings is 1. The average Bonchev–Trinajstić information content (AvgIpc) is 2.18. The molecular formula is C12H16N2O2. The van der Waals surface area contributed by atoms with Crippen LogP contribution >= 0.6 is 0 Å². The molecule has 1 aliphatic carbocycles. The zero-order valence-electron chi connectivity index (χ0n) is 9.31. The summed E-state index contributed by atoms with van der Waals surface area (Å²) in [5.41, 5.74) is 6.62. The molecule has 4 heteroatoms. The Balaban J connectivity index is 2.43. The second-order valence-corrected chi connectivity index (χ2v) is 4.35. The van der Waals surface area contributed by atoms with E-state index >= 15 is 0 Å². The second-order valence-electron chi connectivity index (χ2n) is 4.35. The van der Waals surface area contributed by atoms with E-state index in [2.05, 4.69) is 0 Å². The van der Waals surface area contributed by atoms with Gasteiger partial charge in [-0.05, 0) is 37.3 Å². The number of hydrogen-bond acceptors (Lipinski definition) is 2. The van der Waals surface area contributed by atoms with Crippen LogP contribution in [-0.4, -0.2) is 16.3 Å². The number of hydroxylamine groups is 2. The van der Waals surface area contributed by atoms with Crippen LogP contribution in [0.25, 0.3) is 0 Å². The molecule has 0 unspecified atom stereocenters. The summed E-state index contributed by atoms with van der Waals surface area (Å²) in [5.74, 6) is 0. The number of amides is 2. The molecule has 0 aromatic heterocycles. The Morgan fingerprint density at radius 1 is 1.44 bits per heavy atom. The number of primary amides is 1. The van der Waals surface area contributed by atoms with Gasteiger partial charge in [0.05, 0.1) is 5.54 Å². The van der Waals surface area contributed by atoms with Gasteiger partial charge in [-0.15, -0.1) is 0 Å². The van der Waals surface area contributed by atoms with Crippen LogP contribution in [0.3, 0.4) is 0 Å². The zero-order valence-corrected chi connectivity index (χ0v) is 9.31. The van der Waals surface area contributed by atoms with Gasteiger partial charge in [0.15, 0.2) is 0 Å². The Labute approximate surface area is 94.6 Å². The molecule has 4 nitrogen and oxygen atoms in total. The van der Waals surface area contributed by atoms with Crippen LogP contribution in [0.4, 0.5) is 4.79 Å². The molecule has 0 bridgehead atoms. The summed E-state index contributed by atoms with van der Waals surface area (Å²) in [5, 5.41) is 10.5. The lowest BCUT2D eigenvalue weighted by atomic mass is 9.70. The molecule has 3 N–H and O–H groups in total. The van der Waals surface area contributed by atoms with Crippen LogP contribution in [-0.2, 0) is 5.54 Å². The Kier molecular flexibility index (Phi) is 2.59. The van der Waals surface area contributed by atoms with E-state index in [1.165, 1.54) is 0 Å². The van der Waals surface area contributed by atoms with E-state index in [0.29, 0.717) is 5.06 Å². The van der Waals surface area contributed by atoms with Crippen LogP contribution in [0, 0.1) is 6.92 Å². The molecule has 2 amide bonds. The highest BCUT2D eigenvalue weighted by molar-refractivity contribution is 5.72. The number of aryl methyl sites for hydroxylation is 1. The van der Waals surface area contributed by atoms with Crippen LogP contribution in [0.2, 0.25) is 0 Å². The quantitative estimate of drug-likeness (QED) is 0.592. The summed E-state index contributed by atoms with van der Waals surface area (Å²) in [6.07, 6.45) is 2.52. The molecule has 86 valence electrons. The molecule has 0 spiro atoms. The van der Waals surface area contributed by atoms with Crippen LogP contribution < -0.4 is 5.73 Å². The maximum atomic E-state index is 11.1. The van der Waals surface area contributed by atoms with E-state index in [0.717, 1.165) is 30.4 Å². The normalized spacial score (nSPS) is 17.6. The van der Waals surface area contributed by atoms with Crippen LogP contribution in [0.1, 0.15) is 30.4 Å². The minimum absolute atomic E-state index is 0.600. The van der Waals surface area contributed by atoms with Crippen molar-refractivity contribution in [1.29, 1.82) is 0 Å². The number of hydrogen-bond donors (Lipinski definition) is 2. The van der Waals surface area contributed by atoms with Crippen molar-refractivity contribution in [2.24, 2.45) is 5.73 Å². The SMILES string of the molecule is Cc1ccccc1C1(N(O)C(N)=O)CCC1. The summed E-state index contributed by atoms with van der Waals surface area (Å²) >= 11 is 0. The smallest absolute Gasteiger partial charge is 0.339 e. The van der Waals surface area contributed by atoms with Gasteiger partial charge < -0.3 is 5.73 Å². The standard InChI is InChI=1S/C12H16N2O2/c1-9-5-2-3-6-10(9)12(7-4-8-12)14(16)11(13)15/h2-3,5-6,16H,4,7-8H2,1H3,(H2,13,15). The average molecular weight is 220 g/mol. The topological polar surface area (TPSA) is 66.6 Å². The third-order valence-electron chi connectivity index (χ3n) is 3.44. The Morgan fingerprint density at radius 2 is 2.06 bits per heavy atom. The molecule has 1 aliphatic rings. The number of rotatable bonds is 2. The van der Waals surface area contributed by atoms with Crippen LogP contribution in [0.15, 0.2) is 24.3 Å². The van der Waals surface area contributed by atoms with Gasteiger partial charge in [-0.2, -0.15) is 5.06 Å². The van der Waals surface area contributed by atoms with Gasteiger partial charge in [0.1, 0.15) is 0 Å². The third-order valence-corrected chi connectivity index (χ3v) is 3.44. The largest absolute Gasteiger partial charge is 0.350 e. The lowest BCUT2D eigenvalue weighted by Crippen LogP contribution is -2.54. The minimum Gasteiger partial charge on any atom is -0.350 e. The van der Waals surface area contributed by atoms with Gasteiger partial charge in [0.25, 0.3) is 0 Å². The number of urea groups is 1. The van der Waals surface area contributed by atoms with E-state index in [4.69, 9.17) is 5.73 Å². The van der Waals surface area contributed by atoms with Gasteiger partial charge in [0.2, 0.25) is 0 Å². The summed E-state index contributed by atoms with van der Waals surface area (Å²) in [4.78, 5) is 11.1. The lowest BCUT2D eigenvalue weighted by molar-refractivity contribution is -0.159. The van der Waals surface area contributed by atoms with Crippen molar-refractivity contribution >= 4 is 6.03 Å². The third kappa shape index (κ3) is 1.46. The van der Waals surface area contributed by atoms with Crippen molar-refractivity contribution in [3.8, 4) is 0 Å². The molecule has 0 radical (unpaired) electrons. The summed E-state index contributed by atoms with van der Waals surface area (Å²) in [6, 6.07) is 6.99. The molecule has 16 heavy (non-hydrogen) atoms. The molecule has 0 saturated heterocycles. The molecule has 0 atom stereocenters. The molecule has 1 saturated carbocycles. The highest BCUT2D eigenvalue weighted by Crippen LogP contribution is 2.46. The van der Waals surface area contributed by atoms with Gasteiger partial charge in [-0.25, -0.2) is 4.79 Å². The number of nitrogens with two attached hydrogens (primary N) is 1. The predicted molar refractivity (Wildman–Crippen MR) is 59.9 cm³/mol. The number of carbonyl (C=O) groups is 1. The molecule has 1 aromatic carbocycles. The van der Waals surface area contributed by atoms with Crippen molar-refractivity contribution in [3.05, 3.63) is 35.4 Å². The van der Waals surface area contributed by atoms with Gasteiger partial charge >= 0.3 is 6.03 Å². The van der Waals surface area contributed by atoms with Gasteiger partial charge in [0, 0.05) is 0 Å². The van der Waals surface area contributed by atoms with Gasteiger partial charge in [-0.3, -0.25) is 5.21 Å². The predicted octanol–water partition coefficient (Wildman–Crippen LogP) is 2.14. The van der Waals surface area contributed by atoms with E-state index < -0.39 is 11.6 Å². The van der Waals surface area contributed by atoms with Crippen molar-refractivity contribution in [3.63, 3.8) is 0 Å². The maximum Gasteiger partial charge on any atom is 0.339 e. The fourth-order valence-electron chi connectivity index (χ4n) is 2.41. The highest BCUT2D eigenvalue weighted by Gasteiger charge is 2.46. The molecule has 0 heterocycles. The molecular weight excluding hydrogens is 204 g/mol. The first-order valence-electron chi connectivity index (χ1n) is 5.42. The Morgan fingerprint density at radius 3 is 2.50 bits per heavy atom. The number of nitrogens with zero attached hydrogens (tertiary/aromatic N) is 1. The monoisotopic (exact) mass is 220 g/mol. The van der Waals surface area contributed by atoms with Gasteiger partial charge in [-0.1, -0.05) is 24.3 Å². The molecule has 1 aromatic rings. The van der Waals surface area contributed by atoms with Crippen molar-refractivity contribution in [1.82, 2.24) is 5.06 Å². The first-order chi connectivity index (χ1) is 7.58. The van der Waals surface area contributed by atoms with E-state index in [1.54, 1.807) is 0 Å². The highest BCUT2D eigenvalue weighted by atomic mass is 16.5. The first kappa shape index (κ1) is 11.0. The summed E-state index contributed by atoms with van der Waals surface area (Å²) < 4.78 is 0. The first-order valence-corrected chi connectivity index (χ1v) is 5.42. The Hall–Kier alpha value is -1.55. The molecule has 1 fully saturated rings. The molecule has 2 rings (SSSR count). The summed E-state index contributed by atoms with van der Waals surface area (Å²) in [7, 11) is 0. The fraction of sp³-hybridized carbons (Fsp3) is 0.417. The Bertz CT molecular complexity index is 413. The lowest BCUT2D eigenvalue weighted by Gasteiger charge is -2.47. The van der Waals surface area contributed by atoms with Crippen LogP contribution in [0.5, 0.6) is 0 Å². The van der Waals surface area contributed by atoms with E-state index in [-0.39, 0.29) is 0 Å². The van der Waals surface area contributed by atoms with Crippen molar-refractivity contribution < 1.29 is 10.0 Å². The van der Waals surface area contributed by atoms with E-state index in [1.807, 2.05) is 31.2 Å². The minimum atomic E-state index is -0.789. The maximum absolute atomic E-state index is 11.1. The van der Waals surface area contributed by atoms with Crippen molar-refractivity contribution in [2.45, 2.75) is 31.7 Å².